The Balaban J connectivity index is 2.39. The molecule has 0 aliphatic rings. The number of rotatable bonds is 8. The van der Waals surface area contributed by atoms with Crippen molar-refractivity contribution in [2.75, 3.05) is 25.1 Å². The Morgan fingerprint density at radius 1 is 1.11 bits per heavy atom. The second-order valence-corrected chi connectivity index (χ2v) is 7.62. The summed E-state index contributed by atoms with van der Waals surface area (Å²) < 4.78 is 5.40. The standard InChI is InChI=1S/C24H30N2O2/c1-7-12-26(13-8-2)20-11-9-10-19(15-20)25-17-18-14-21(28-6)16-22(23(18)27)24(3,4)5/h7-11,14-17,27H,1-2,12-13H2,3-6H3. The zero-order valence-electron chi connectivity index (χ0n) is 17.3. The normalized spacial score (nSPS) is 11.4. The van der Waals surface area contributed by atoms with Gasteiger partial charge in [0, 0.05) is 36.1 Å². The van der Waals surface area contributed by atoms with E-state index in [9.17, 15) is 5.11 Å². The Labute approximate surface area is 168 Å². The molecule has 2 aromatic carbocycles. The molecule has 4 heteroatoms. The van der Waals surface area contributed by atoms with Gasteiger partial charge in [-0.1, -0.05) is 39.0 Å². The van der Waals surface area contributed by atoms with E-state index in [1.165, 1.54) is 0 Å². The quantitative estimate of drug-likeness (QED) is 0.478. The van der Waals surface area contributed by atoms with E-state index in [1.807, 2.05) is 42.5 Å². The summed E-state index contributed by atoms with van der Waals surface area (Å²) in [7, 11) is 1.62. The van der Waals surface area contributed by atoms with Crippen molar-refractivity contribution in [1.82, 2.24) is 0 Å². The highest BCUT2D eigenvalue weighted by Crippen LogP contribution is 2.36. The third kappa shape index (κ3) is 5.26. The lowest BCUT2D eigenvalue weighted by Crippen LogP contribution is -2.22. The van der Waals surface area contributed by atoms with Crippen molar-refractivity contribution in [1.29, 1.82) is 0 Å². The molecule has 0 aromatic heterocycles. The van der Waals surface area contributed by atoms with Crippen LogP contribution in [0.1, 0.15) is 31.9 Å². The topological polar surface area (TPSA) is 45.1 Å². The monoisotopic (exact) mass is 378 g/mol. The van der Waals surface area contributed by atoms with Crippen LogP contribution in [0.5, 0.6) is 11.5 Å². The highest BCUT2D eigenvalue weighted by molar-refractivity contribution is 5.87. The molecular weight excluding hydrogens is 348 g/mol. The summed E-state index contributed by atoms with van der Waals surface area (Å²) in [5.74, 6) is 0.925. The van der Waals surface area contributed by atoms with Crippen LogP contribution in [0.4, 0.5) is 11.4 Å². The first kappa shape index (κ1) is 21.3. The molecule has 0 atom stereocenters. The fraction of sp³-hybridized carbons (Fsp3) is 0.292. The van der Waals surface area contributed by atoms with Crippen molar-refractivity contribution < 1.29 is 9.84 Å². The minimum absolute atomic E-state index is 0.211. The van der Waals surface area contributed by atoms with Crippen LogP contribution in [0.2, 0.25) is 0 Å². The molecule has 0 aliphatic heterocycles. The Morgan fingerprint density at radius 3 is 2.36 bits per heavy atom. The molecule has 0 aliphatic carbocycles. The number of hydrogen-bond acceptors (Lipinski definition) is 4. The average molecular weight is 379 g/mol. The van der Waals surface area contributed by atoms with E-state index < -0.39 is 0 Å². The predicted molar refractivity (Wildman–Crippen MR) is 120 cm³/mol. The summed E-state index contributed by atoms with van der Waals surface area (Å²) in [4.78, 5) is 6.73. The van der Waals surface area contributed by atoms with Gasteiger partial charge in [-0.3, -0.25) is 4.99 Å². The van der Waals surface area contributed by atoms with Gasteiger partial charge in [0.05, 0.1) is 12.8 Å². The van der Waals surface area contributed by atoms with Crippen LogP contribution in [0.3, 0.4) is 0 Å². The molecular formula is C24H30N2O2. The zero-order chi connectivity index (χ0) is 20.7. The first-order valence-electron chi connectivity index (χ1n) is 9.32. The second kappa shape index (κ2) is 9.27. The number of benzene rings is 2. The number of anilines is 1. The molecule has 0 bridgehead atoms. The summed E-state index contributed by atoms with van der Waals surface area (Å²) in [6.07, 6.45) is 5.40. The van der Waals surface area contributed by atoms with E-state index in [2.05, 4.69) is 43.8 Å². The second-order valence-electron chi connectivity index (χ2n) is 7.62. The van der Waals surface area contributed by atoms with E-state index in [-0.39, 0.29) is 11.2 Å². The minimum atomic E-state index is -0.211. The molecule has 0 radical (unpaired) electrons. The van der Waals surface area contributed by atoms with Crippen LogP contribution in [0.15, 0.2) is 66.7 Å². The van der Waals surface area contributed by atoms with Crippen molar-refractivity contribution >= 4 is 17.6 Å². The molecule has 148 valence electrons. The predicted octanol–water partition coefficient (Wildman–Crippen LogP) is 5.63. The van der Waals surface area contributed by atoms with Crippen LogP contribution in [0.25, 0.3) is 0 Å². The third-order valence-corrected chi connectivity index (χ3v) is 4.40. The van der Waals surface area contributed by atoms with Gasteiger partial charge in [-0.2, -0.15) is 0 Å². The Hall–Kier alpha value is -3.01. The smallest absolute Gasteiger partial charge is 0.128 e. The molecule has 1 N–H and O–H groups in total. The minimum Gasteiger partial charge on any atom is -0.507 e. The number of phenolic OH excluding ortho intramolecular Hbond substituents is 1. The number of hydrogen-bond donors (Lipinski definition) is 1. The molecule has 4 nitrogen and oxygen atoms in total. The number of aromatic hydroxyl groups is 1. The molecule has 0 unspecified atom stereocenters. The van der Waals surface area contributed by atoms with E-state index >= 15 is 0 Å². The third-order valence-electron chi connectivity index (χ3n) is 4.40. The highest BCUT2D eigenvalue weighted by atomic mass is 16.5. The van der Waals surface area contributed by atoms with Gasteiger partial charge in [0.2, 0.25) is 0 Å². The van der Waals surface area contributed by atoms with Gasteiger partial charge in [-0.25, -0.2) is 0 Å². The molecule has 0 fully saturated rings. The first-order chi connectivity index (χ1) is 13.3. The largest absolute Gasteiger partial charge is 0.507 e. The summed E-state index contributed by atoms with van der Waals surface area (Å²) >= 11 is 0. The fourth-order valence-electron chi connectivity index (χ4n) is 2.93. The first-order valence-corrected chi connectivity index (χ1v) is 9.32. The van der Waals surface area contributed by atoms with Crippen molar-refractivity contribution in [3.8, 4) is 11.5 Å². The van der Waals surface area contributed by atoms with Gasteiger partial charge in [0.25, 0.3) is 0 Å². The van der Waals surface area contributed by atoms with E-state index in [1.54, 1.807) is 19.4 Å². The lowest BCUT2D eigenvalue weighted by atomic mass is 9.85. The van der Waals surface area contributed by atoms with Gasteiger partial charge < -0.3 is 14.7 Å². The molecule has 2 rings (SSSR count). The van der Waals surface area contributed by atoms with Gasteiger partial charge in [-0.05, 0) is 35.7 Å². The van der Waals surface area contributed by atoms with Crippen LogP contribution in [0, 0.1) is 0 Å². The maximum Gasteiger partial charge on any atom is 0.128 e. The number of methoxy groups -OCH3 is 1. The number of aliphatic imine (C=N–C) groups is 1. The Morgan fingerprint density at radius 2 is 1.79 bits per heavy atom. The lowest BCUT2D eigenvalue weighted by Gasteiger charge is -2.22. The summed E-state index contributed by atoms with van der Waals surface area (Å²) in [5.41, 5.74) is 3.08. The van der Waals surface area contributed by atoms with E-state index in [0.717, 1.165) is 30.0 Å². The molecule has 0 saturated heterocycles. The number of phenols is 1. The van der Waals surface area contributed by atoms with Gasteiger partial charge in [0.1, 0.15) is 11.5 Å². The molecule has 0 amide bonds. The van der Waals surface area contributed by atoms with Gasteiger partial charge in [-0.15, -0.1) is 13.2 Å². The van der Waals surface area contributed by atoms with Gasteiger partial charge >= 0.3 is 0 Å². The van der Waals surface area contributed by atoms with Crippen molar-refractivity contribution in [3.63, 3.8) is 0 Å². The lowest BCUT2D eigenvalue weighted by molar-refractivity contribution is 0.405. The molecule has 28 heavy (non-hydrogen) atoms. The number of ether oxygens (including phenoxy) is 1. The summed E-state index contributed by atoms with van der Waals surface area (Å²) in [5, 5.41) is 10.7. The van der Waals surface area contributed by atoms with Crippen molar-refractivity contribution in [2.24, 2.45) is 4.99 Å². The maximum atomic E-state index is 10.7. The van der Waals surface area contributed by atoms with Crippen LogP contribution < -0.4 is 9.64 Å². The molecule has 0 spiro atoms. The van der Waals surface area contributed by atoms with Gasteiger partial charge in [0.15, 0.2) is 0 Å². The maximum absolute atomic E-state index is 10.7. The van der Waals surface area contributed by atoms with Crippen molar-refractivity contribution in [2.45, 2.75) is 26.2 Å². The molecule has 0 heterocycles. The molecule has 0 saturated carbocycles. The van der Waals surface area contributed by atoms with Crippen molar-refractivity contribution in [3.05, 3.63) is 72.8 Å². The van der Waals surface area contributed by atoms with Crippen LogP contribution >= 0.6 is 0 Å². The fourth-order valence-corrected chi connectivity index (χ4v) is 2.93. The Bertz CT molecular complexity index is 853. The average Bonchev–Trinajstić information content (AvgIpc) is 2.66. The zero-order valence-corrected chi connectivity index (χ0v) is 17.3. The van der Waals surface area contributed by atoms with Crippen LogP contribution in [-0.4, -0.2) is 31.5 Å². The molecule has 2 aromatic rings. The number of nitrogens with zero attached hydrogens (tertiary/aromatic N) is 2. The summed E-state index contributed by atoms with van der Waals surface area (Å²) in [6.45, 7) is 15.3. The van der Waals surface area contributed by atoms with E-state index in [4.69, 9.17) is 4.74 Å². The highest BCUT2D eigenvalue weighted by Gasteiger charge is 2.21. The van der Waals surface area contributed by atoms with E-state index in [0.29, 0.717) is 11.3 Å². The SMILES string of the molecule is C=CCN(CC=C)c1cccc(N=Cc2cc(OC)cc(C(C)(C)C)c2O)c1. The van der Waals surface area contributed by atoms with Crippen LogP contribution in [-0.2, 0) is 5.41 Å². The Kier molecular flexibility index (Phi) is 7.05. The summed E-state index contributed by atoms with van der Waals surface area (Å²) in [6, 6.07) is 11.6.